The number of aryl methyl sites for hydroxylation is 1. The van der Waals surface area contributed by atoms with Gasteiger partial charge in [-0.2, -0.15) is 0 Å². The molecule has 0 aliphatic carbocycles. The number of phenolic OH excluding ortho intramolecular Hbond substituents is 1. The van der Waals surface area contributed by atoms with E-state index in [1.54, 1.807) is 6.07 Å². The molecule has 0 aromatic heterocycles. The van der Waals surface area contributed by atoms with Crippen LogP contribution in [0.25, 0.3) is 0 Å². The SMILES string of the molecule is Cc1ccc(NC2CCN(Cc3ccccc3)C2)c(O)c1. The number of hydrogen-bond donors (Lipinski definition) is 2. The van der Waals surface area contributed by atoms with Gasteiger partial charge in [-0.3, -0.25) is 4.90 Å². The molecular formula is C18H22N2O. The molecular weight excluding hydrogens is 260 g/mol. The predicted molar refractivity (Wildman–Crippen MR) is 86.6 cm³/mol. The lowest BCUT2D eigenvalue weighted by Crippen LogP contribution is -2.25. The van der Waals surface area contributed by atoms with E-state index in [1.807, 2.05) is 19.1 Å². The Morgan fingerprint density at radius 2 is 2.00 bits per heavy atom. The number of nitrogens with zero attached hydrogens (tertiary/aromatic N) is 1. The summed E-state index contributed by atoms with van der Waals surface area (Å²) in [6.45, 7) is 5.10. The molecule has 1 aliphatic heterocycles. The maximum Gasteiger partial charge on any atom is 0.138 e. The lowest BCUT2D eigenvalue weighted by Gasteiger charge is -2.18. The quantitative estimate of drug-likeness (QED) is 0.844. The van der Waals surface area contributed by atoms with E-state index in [-0.39, 0.29) is 0 Å². The van der Waals surface area contributed by atoms with Gasteiger partial charge in [0.1, 0.15) is 5.75 Å². The minimum atomic E-state index is 0.344. The van der Waals surface area contributed by atoms with Gasteiger partial charge < -0.3 is 10.4 Å². The molecule has 1 atom stereocenters. The van der Waals surface area contributed by atoms with Crippen LogP contribution in [0.5, 0.6) is 5.75 Å². The molecule has 2 aromatic carbocycles. The molecule has 1 aliphatic rings. The lowest BCUT2D eigenvalue weighted by atomic mass is 10.2. The zero-order chi connectivity index (χ0) is 14.7. The van der Waals surface area contributed by atoms with E-state index in [0.717, 1.165) is 37.3 Å². The summed E-state index contributed by atoms with van der Waals surface area (Å²) in [5.74, 6) is 0.344. The Balaban J connectivity index is 1.57. The van der Waals surface area contributed by atoms with Gasteiger partial charge in [-0.25, -0.2) is 0 Å². The van der Waals surface area contributed by atoms with Crippen LogP contribution in [0, 0.1) is 6.92 Å². The highest BCUT2D eigenvalue weighted by Crippen LogP contribution is 2.26. The fraction of sp³-hybridized carbons (Fsp3) is 0.333. The van der Waals surface area contributed by atoms with Gasteiger partial charge in [0.05, 0.1) is 5.69 Å². The summed E-state index contributed by atoms with van der Waals surface area (Å²) >= 11 is 0. The molecule has 110 valence electrons. The smallest absolute Gasteiger partial charge is 0.138 e. The molecule has 0 saturated carbocycles. The van der Waals surface area contributed by atoms with Crippen molar-refractivity contribution in [2.75, 3.05) is 18.4 Å². The third kappa shape index (κ3) is 3.56. The van der Waals surface area contributed by atoms with E-state index in [1.165, 1.54) is 5.56 Å². The fourth-order valence-corrected chi connectivity index (χ4v) is 2.92. The van der Waals surface area contributed by atoms with Crippen LogP contribution in [0.3, 0.4) is 0 Å². The predicted octanol–water partition coefficient (Wildman–Crippen LogP) is 3.39. The Hall–Kier alpha value is -2.00. The van der Waals surface area contributed by atoms with Crippen LogP contribution < -0.4 is 5.32 Å². The largest absolute Gasteiger partial charge is 0.506 e. The molecule has 3 rings (SSSR count). The van der Waals surface area contributed by atoms with Gasteiger partial charge in [-0.1, -0.05) is 36.4 Å². The molecule has 3 heteroatoms. The lowest BCUT2D eigenvalue weighted by molar-refractivity contribution is 0.328. The van der Waals surface area contributed by atoms with Crippen LogP contribution in [-0.2, 0) is 6.54 Å². The van der Waals surface area contributed by atoms with Crippen molar-refractivity contribution < 1.29 is 5.11 Å². The molecule has 21 heavy (non-hydrogen) atoms. The number of aromatic hydroxyl groups is 1. The minimum absolute atomic E-state index is 0.344. The normalized spacial score (nSPS) is 18.8. The van der Waals surface area contributed by atoms with E-state index in [2.05, 4.69) is 40.5 Å². The molecule has 0 radical (unpaired) electrons. The average molecular weight is 282 g/mol. The number of likely N-dealkylation sites (tertiary alicyclic amines) is 1. The van der Waals surface area contributed by atoms with Gasteiger partial charge in [0.15, 0.2) is 0 Å². The van der Waals surface area contributed by atoms with E-state index < -0.39 is 0 Å². The third-order valence-corrected chi connectivity index (χ3v) is 4.03. The second-order valence-corrected chi connectivity index (χ2v) is 5.87. The van der Waals surface area contributed by atoms with Gasteiger partial charge in [-0.15, -0.1) is 0 Å². The van der Waals surface area contributed by atoms with Crippen molar-refractivity contribution in [3.63, 3.8) is 0 Å². The monoisotopic (exact) mass is 282 g/mol. The van der Waals surface area contributed by atoms with Crippen LogP contribution in [0.15, 0.2) is 48.5 Å². The number of hydrogen-bond acceptors (Lipinski definition) is 3. The van der Waals surface area contributed by atoms with E-state index in [4.69, 9.17) is 0 Å². The summed E-state index contributed by atoms with van der Waals surface area (Å²) in [6, 6.07) is 16.8. The first kappa shape index (κ1) is 14.0. The maximum absolute atomic E-state index is 9.98. The van der Waals surface area contributed by atoms with E-state index in [9.17, 15) is 5.11 Å². The highest BCUT2D eigenvalue weighted by atomic mass is 16.3. The summed E-state index contributed by atoms with van der Waals surface area (Å²) in [5, 5.41) is 13.4. The van der Waals surface area contributed by atoms with Crippen molar-refractivity contribution in [2.24, 2.45) is 0 Å². The topological polar surface area (TPSA) is 35.5 Å². The van der Waals surface area contributed by atoms with Crippen molar-refractivity contribution in [1.82, 2.24) is 4.90 Å². The van der Waals surface area contributed by atoms with Crippen molar-refractivity contribution >= 4 is 5.69 Å². The fourth-order valence-electron chi connectivity index (χ4n) is 2.92. The number of benzene rings is 2. The Kier molecular flexibility index (Phi) is 4.11. The Bertz CT molecular complexity index is 597. The first-order valence-corrected chi connectivity index (χ1v) is 7.53. The second kappa shape index (κ2) is 6.19. The first-order chi connectivity index (χ1) is 10.2. The number of rotatable bonds is 4. The van der Waals surface area contributed by atoms with Crippen LogP contribution in [0.2, 0.25) is 0 Å². The van der Waals surface area contributed by atoms with Crippen molar-refractivity contribution in [3.8, 4) is 5.75 Å². The van der Waals surface area contributed by atoms with Gasteiger partial charge in [0.2, 0.25) is 0 Å². The number of anilines is 1. The summed E-state index contributed by atoms with van der Waals surface area (Å²) in [4.78, 5) is 2.46. The van der Waals surface area contributed by atoms with Crippen molar-refractivity contribution in [2.45, 2.75) is 25.9 Å². The standard InChI is InChI=1S/C18H22N2O/c1-14-7-8-17(18(21)11-14)19-16-9-10-20(13-16)12-15-5-3-2-4-6-15/h2-8,11,16,19,21H,9-10,12-13H2,1H3. The Labute approximate surface area is 126 Å². The molecule has 1 saturated heterocycles. The summed E-state index contributed by atoms with van der Waals surface area (Å²) < 4.78 is 0. The van der Waals surface area contributed by atoms with Gasteiger partial charge in [-0.05, 0) is 36.6 Å². The minimum Gasteiger partial charge on any atom is -0.506 e. The van der Waals surface area contributed by atoms with Crippen molar-refractivity contribution in [3.05, 3.63) is 59.7 Å². The molecule has 2 aromatic rings. The second-order valence-electron chi connectivity index (χ2n) is 5.87. The molecule has 1 heterocycles. The molecule has 1 fully saturated rings. The van der Waals surface area contributed by atoms with Crippen LogP contribution in [-0.4, -0.2) is 29.1 Å². The van der Waals surface area contributed by atoms with Gasteiger partial charge >= 0.3 is 0 Å². The molecule has 0 spiro atoms. The van der Waals surface area contributed by atoms with Gasteiger partial charge in [0, 0.05) is 25.7 Å². The highest BCUT2D eigenvalue weighted by molar-refractivity contribution is 5.57. The Morgan fingerprint density at radius 1 is 1.19 bits per heavy atom. The van der Waals surface area contributed by atoms with Crippen LogP contribution >= 0.6 is 0 Å². The summed E-state index contributed by atoms with van der Waals surface area (Å²) in [7, 11) is 0. The van der Waals surface area contributed by atoms with Crippen LogP contribution in [0.4, 0.5) is 5.69 Å². The zero-order valence-corrected chi connectivity index (χ0v) is 12.4. The zero-order valence-electron chi connectivity index (χ0n) is 12.4. The Morgan fingerprint density at radius 3 is 2.76 bits per heavy atom. The maximum atomic E-state index is 9.98. The highest BCUT2D eigenvalue weighted by Gasteiger charge is 2.22. The van der Waals surface area contributed by atoms with Crippen LogP contribution in [0.1, 0.15) is 17.5 Å². The average Bonchev–Trinajstić information content (AvgIpc) is 2.90. The number of nitrogens with one attached hydrogen (secondary N) is 1. The van der Waals surface area contributed by atoms with Crippen molar-refractivity contribution in [1.29, 1.82) is 0 Å². The summed E-state index contributed by atoms with van der Waals surface area (Å²) in [5.41, 5.74) is 3.28. The molecule has 0 bridgehead atoms. The number of phenols is 1. The molecule has 1 unspecified atom stereocenters. The molecule has 0 amide bonds. The summed E-state index contributed by atoms with van der Waals surface area (Å²) in [6.07, 6.45) is 1.11. The third-order valence-electron chi connectivity index (χ3n) is 4.03. The van der Waals surface area contributed by atoms with Gasteiger partial charge in [0.25, 0.3) is 0 Å². The van der Waals surface area contributed by atoms with E-state index in [0.29, 0.717) is 11.8 Å². The molecule has 3 nitrogen and oxygen atoms in total. The molecule has 2 N–H and O–H groups in total. The van der Waals surface area contributed by atoms with E-state index >= 15 is 0 Å². The first-order valence-electron chi connectivity index (χ1n) is 7.53.